The average molecular weight is 277 g/mol. The average Bonchev–Trinajstić information content (AvgIpc) is 2.36. The molecule has 20 heavy (non-hydrogen) atoms. The molecule has 1 aromatic heterocycles. The summed E-state index contributed by atoms with van der Waals surface area (Å²) in [6.45, 7) is 0. The van der Waals surface area contributed by atoms with E-state index in [4.69, 9.17) is 10.8 Å². The number of phenols is 2. The van der Waals surface area contributed by atoms with Crippen LogP contribution in [0.5, 0.6) is 11.5 Å². The van der Waals surface area contributed by atoms with Gasteiger partial charge in [-0.05, 0) is 18.2 Å². The van der Waals surface area contributed by atoms with E-state index in [9.17, 15) is 19.8 Å². The summed E-state index contributed by atoms with van der Waals surface area (Å²) in [4.78, 5) is 28.7. The van der Waals surface area contributed by atoms with Crippen molar-refractivity contribution in [3.63, 3.8) is 0 Å². The molecule has 0 aliphatic carbocycles. The molecule has 0 bridgehead atoms. The number of aromatic hydroxyl groups is 2. The predicted octanol–water partition coefficient (Wildman–Crippen LogP) is 0.0574. The van der Waals surface area contributed by atoms with Crippen molar-refractivity contribution in [1.29, 1.82) is 0 Å². The molecule has 0 spiro atoms. The van der Waals surface area contributed by atoms with Gasteiger partial charge in [-0.3, -0.25) is 9.59 Å². The molecule has 8 heteroatoms. The van der Waals surface area contributed by atoms with Gasteiger partial charge in [-0.15, -0.1) is 0 Å². The number of hydrogen-bond donors (Lipinski definition) is 5. The normalized spacial score (nSPS) is 10.4. The number of hydrogen-bond acceptors (Lipinski definition) is 6. The lowest BCUT2D eigenvalue weighted by molar-refractivity contribution is -0.136. The number of phenolic OH excluding ortho intramolecular Hbond substituents is 2. The predicted molar refractivity (Wildman–Crippen MR) is 69.4 cm³/mol. The number of aliphatic carboxylic acids is 1. The number of rotatable bonds is 3. The standard InChI is InChI=1S/C12H11N3O5/c13-10-6(4-9(18)19)12(20)15-11(14-10)5-1-2-7(16)8(17)3-5/h1-3,16-17H,4H2,(H,18,19)(H3,13,14,15,20). The summed E-state index contributed by atoms with van der Waals surface area (Å²) < 4.78 is 0. The Kier molecular flexibility index (Phi) is 3.30. The van der Waals surface area contributed by atoms with Crippen molar-refractivity contribution in [2.75, 3.05) is 5.73 Å². The second-order valence-electron chi connectivity index (χ2n) is 4.05. The first-order valence-corrected chi connectivity index (χ1v) is 5.51. The van der Waals surface area contributed by atoms with Gasteiger partial charge in [-0.25, -0.2) is 4.98 Å². The van der Waals surface area contributed by atoms with Crippen molar-refractivity contribution >= 4 is 11.8 Å². The summed E-state index contributed by atoms with van der Waals surface area (Å²) in [5.41, 5.74) is 5.10. The summed E-state index contributed by atoms with van der Waals surface area (Å²) in [7, 11) is 0. The minimum atomic E-state index is -1.20. The third-order valence-electron chi connectivity index (χ3n) is 2.62. The SMILES string of the molecule is Nc1nc(-c2ccc(O)c(O)c2)[nH]c(=O)c1CC(=O)O. The molecule has 2 rings (SSSR count). The van der Waals surface area contributed by atoms with Gasteiger partial charge in [0.1, 0.15) is 11.6 Å². The fraction of sp³-hybridized carbons (Fsp3) is 0.0833. The van der Waals surface area contributed by atoms with Gasteiger partial charge in [0.15, 0.2) is 11.5 Å². The molecule has 8 nitrogen and oxygen atoms in total. The minimum Gasteiger partial charge on any atom is -0.504 e. The molecule has 1 heterocycles. The molecule has 0 aliphatic rings. The molecule has 0 unspecified atom stereocenters. The summed E-state index contributed by atoms with van der Waals surface area (Å²) in [5, 5.41) is 27.3. The zero-order valence-corrected chi connectivity index (χ0v) is 10.1. The van der Waals surface area contributed by atoms with Gasteiger partial charge in [0.05, 0.1) is 12.0 Å². The van der Waals surface area contributed by atoms with Crippen LogP contribution in [0.15, 0.2) is 23.0 Å². The lowest BCUT2D eigenvalue weighted by Crippen LogP contribution is -2.21. The third kappa shape index (κ3) is 2.53. The highest BCUT2D eigenvalue weighted by Gasteiger charge is 2.14. The van der Waals surface area contributed by atoms with Gasteiger partial charge in [0.2, 0.25) is 0 Å². The van der Waals surface area contributed by atoms with Crippen molar-refractivity contribution in [2.45, 2.75) is 6.42 Å². The number of nitrogens with zero attached hydrogens (tertiary/aromatic N) is 1. The van der Waals surface area contributed by atoms with Crippen molar-refractivity contribution in [3.8, 4) is 22.9 Å². The Morgan fingerprint density at radius 2 is 2.00 bits per heavy atom. The largest absolute Gasteiger partial charge is 0.504 e. The first-order valence-electron chi connectivity index (χ1n) is 5.51. The van der Waals surface area contributed by atoms with Crippen molar-refractivity contribution in [1.82, 2.24) is 9.97 Å². The van der Waals surface area contributed by atoms with Crippen LogP contribution >= 0.6 is 0 Å². The number of nitrogen functional groups attached to an aromatic ring is 1. The lowest BCUT2D eigenvalue weighted by atomic mass is 10.1. The number of carboxylic acid groups (broad SMARTS) is 1. The molecule has 0 atom stereocenters. The number of aromatic amines is 1. The second kappa shape index (κ2) is 4.92. The maximum absolute atomic E-state index is 11.8. The van der Waals surface area contributed by atoms with E-state index >= 15 is 0 Å². The highest BCUT2D eigenvalue weighted by molar-refractivity contribution is 5.72. The van der Waals surface area contributed by atoms with Crippen molar-refractivity contribution < 1.29 is 20.1 Å². The Hall–Kier alpha value is -3.03. The monoisotopic (exact) mass is 277 g/mol. The van der Waals surface area contributed by atoms with Crippen LogP contribution in [0.4, 0.5) is 5.82 Å². The van der Waals surface area contributed by atoms with Crippen LogP contribution in [-0.4, -0.2) is 31.3 Å². The summed E-state index contributed by atoms with van der Waals surface area (Å²) in [5.74, 6) is -2.01. The van der Waals surface area contributed by atoms with E-state index in [1.54, 1.807) is 0 Å². The van der Waals surface area contributed by atoms with Crippen molar-refractivity contribution in [2.24, 2.45) is 0 Å². The van der Waals surface area contributed by atoms with Crippen LogP contribution in [0.3, 0.4) is 0 Å². The molecule has 0 saturated heterocycles. The number of nitrogens with two attached hydrogens (primary N) is 1. The van der Waals surface area contributed by atoms with E-state index in [1.165, 1.54) is 18.2 Å². The van der Waals surface area contributed by atoms with E-state index < -0.39 is 17.9 Å². The molecule has 2 aromatic rings. The lowest BCUT2D eigenvalue weighted by Gasteiger charge is -2.06. The molecule has 0 amide bonds. The van der Waals surface area contributed by atoms with Gasteiger partial charge in [-0.2, -0.15) is 0 Å². The number of benzene rings is 1. The highest BCUT2D eigenvalue weighted by Crippen LogP contribution is 2.28. The molecule has 104 valence electrons. The molecule has 6 N–H and O–H groups in total. The Bertz CT molecular complexity index is 738. The van der Waals surface area contributed by atoms with Gasteiger partial charge in [-0.1, -0.05) is 0 Å². The van der Waals surface area contributed by atoms with Gasteiger partial charge >= 0.3 is 5.97 Å². The molecule has 0 aliphatic heterocycles. The van der Waals surface area contributed by atoms with Crippen LogP contribution in [0.25, 0.3) is 11.4 Å². The number of nitrogens with one attached hydrogen (secondary N) is 1. The topological polar surface area (TPSA) is 150 Å². The van der Waals surface area contributed by atoms with Crippen LogP contribution in [0.1, 0.15) is 5.56 Å². The fourth-order valence-electron chi connectivity index (χ4n) is 1.64. The Morgan fingerprint density at radius 3 is 2.55 bits per heavy atom. The van der Waals surface area contributed by atoms with Crippen molar-refractivity contribution in [3.05, 3.63) is 34.1 Å². The van der Waals surface area contributed by atoms with E-state index in [2.05, 4.69) is 9.97 Å². The van der Waals surface area contributed by atoms with Crippen LogP contribution in [-0.2, 0) is 11.2 Å². The zero-order valence-electron chi connectivity index (χ0n) is 10.1. The minimum absolute atomic E-state index is 0.0666. The number of anilines is 1. The molecular weight excluding hydrogens is 266 g/mol. The Balaban J connectivity index is 2.52. The highest BCUT2D eigenvalue weighted by atomic mass is 16.4. The van der Waals surface area contributed by atoms with Gasteiger partial charge in [0, 0.05) is 5.56 Å². The number of H-pyrrole nitrogens is 1. The molecular formula is C12H11N3O5. The number of carboxylic acids is 1. The molecule has 0 fully saturated rings. The second-order valence-corrected chi connectivity index (χ2v) is 4.05. The molecule has 0 saturated carbocycles. The summed E-state index contributed by atoms with van der Waals surface area (Å²) in [6.07, 6.45) is -0.532. The maximum Gasteiger partial charge on any atom is 0.308 e. The van der Waals surface area contributed by atoms with E-state index in [-0.39, 0.29) is 28.7 Å². The van der Waals surface area contributed by atoms with Gasteiger partial charge < -0.3 is 26.0 Å². The van der Waals surface area contributed by atoms with E-state index in [0.29, 0.717) is 5.56 Å². The number of carbonyl (C=O) groups is 1. The van der Waals surface area contributed by atoms with Gasteiger partial charge in [0.25, 0.3) is 5.56 Å². The van der Waals surface area contributed by atoms with Crippen LogP contribution in [0.2, 0.25) is 0 Å². The van der Waals surface area contributed by atoms with Crippen LogP contribution in [0, 0.1) is 0 Å². The fourth-order valence-corrected chi connectivity index (χ4v) is 1.64. The molecule has 0 radical (unpaired) electrons. The first-order chi connectivity index (χ1) is 9.38. The van der Waals surface area contributed by atoms with E-state index in [0.717, 1.165) is 0 Å². The summed E-state index contributed by atoms with van der Waals surface area (Å²) in [6, 6.07) is 3.85. The first kappa shape index (κ1) is 13.4. The third-order valence-corrected chi connectivity index (χ3v) is 2.62. The van der Waals surface area contributed by atoms with E-state index in [1.807, 2.05) is 0 Å². The quantitative estimate of drug-likeness (QED) is 0.497. The molecule has 1 aromatic carbocycles. The number of aromatic nitrogens is 2. The van der Waals surface area contributed by atoms with Crippen LogP contribution < -0.4 is 11.3 Å². The summed E-state index contributed by atoms with van der Waals surface area (Å²) >= 11 is 0. The Morgan fingerprint density at radius 1 is 1.30 bits per heavy atom. The maximum atomic E-state index is 11.8. The smallest absolute Gasteiger partial charge is 0.308 e. The Labute approximate surface area is 112 Å². The zero-order chi connectivity index (χ0) is 14.9.